The van der Waals surface area contributed by atoms with Crippen molar-refractivity contribution in [2.45, 2.75) is 24.9 Å². The Labute approximate surface area is 116 Å². The summed E-state index contributed by atoms with van der Waals surface area (Å²) in [4.78, 5) is 4.16. The predicted molar refractivity (Wildman–Crippen MR) is 76.4 cm³/mol. The Morgan fingerprint density at radius 3 is 3.05 bits per heavy atom. The van der Waals surface area contributed by atoms with Gasteiger partial charge in [-0.25, -0.2) is 0 Å². The molecule has 0 fully saturated rings. The number of aliphatic hydroxyl groups is 1. The Hall–Kier alpha value is -2.13. The van der Waals surface area contributed by atoms with Crippen molar-refractivity contribution in [3.63, 3.8) is 0 Å². The number of pyridine rings is 1. The molecule has 2 heterocycles. The molecule has 0 aliphatic heterocycles. The summed E-state index contributed by atoms with van der Waals surface area (Å²) in [5, 5.41) is 13.4. The summed E-state index contributed by atoms with van der Waals surface area (Å²) < 4.78 is 5.51. The smallest absolute Gasteiger partial charge is 0.119 e. The molecule has 0 amide bonds. The van der Waals surface area contributed by atoms with E-state index in [2.05, 4.69) is 4.98 Å². The van der Waals surface area contributed by atoms with Crippen LogP contribution >= 0.6 is 0 Å². The van der Waals surface area contributed by atoms with E-state index in [0.717, 1.165) is 46.9 Å². The van der Waals surface area contributed by atoms with Crippen LogP contribution in [0.2, 0.25) is 0 Å². The Kier molecular flexibility index (Phi) is 2.44. The first-order valence-electron chi connectivity index (χ1n) is 6.91. The summed E-state index contributed by atoms with van der Waals surface area (Å²) in [6.45, 7) is 0. The number of hydrogen-bond donors (Lipinski definition) is 1. The summed E-state index contributed by atoms with van der Waals surface area (Å²) in [5.41, 5.74) is 0.898. The number of benzene rings is 1. The van der Waals surface area contributed by atoms with E-state index in [0.29, 0.717) is 0 Å². The van der Waals surface area contributed by atoms with E-state index >= 15 is 0 Å². The van der Waals surface area contributed by atoms with Gasteiger partial charge in [0.15, 0.2) is 0 Å². The van der Waals surface area contributed by atoms with Crippen LogP contribution in [0.3, 0.4) is 0 Å². The molecule has 3 heteroatoms. The molecule has 0 radical (unpaired) electrons. The molecule has 3 nitrogen and oxygen atoms in total. The van der Waals surface area contributed by atoms with Crippen LogP contribution in [0.15, 0.2) is 53.4 Å². The van der Waals surface area contributed by atoms with Crippen molar-refractivity contribution in [2.24, 2.45) is 0 Å². The van der Waals surface area contributed by atoms with Crippen molar-refractivity contribution in [3.8, 4) is 0 Å². The van der Waals surface area contributed by atoms with Crippen molar-refractivity contribution in [1.29, 1.82) is 0 Å². The van der Waals surface area contributed by atoms with Crippen LogP contribution in [0.1, 0.15) is 29.7 Å². The molecule has 0 bridgehead atoms. The third-order valence-corrected chi connectivity index (χ3v) is 4.26. The van der Waals surface area contributed by atoms with Gasteiger partial charge in [-0.3, -0.25) is 4.98 Å². The molecule has 1 unspecified atom stereocenters. The summed E-state index contributed by atoms with van der Waals surface area (Å²) in [6.07, 6.45) is 7.83. The third kappa shape index (κ3) is 1.53. The average molecular weight is 265 g/mol. The summed E-state index contributed by atoms with van der Waals surface area (Å²) >= 11 is 0. The molecule has 1 aliphatic carbocycles. The lowest BCUT2D eigenvalue weighted by atomic mass is 9.76. The zero-order valence-corrected chi connectivity index (χ0v) is 11.0. The maximum atomic E-state index is 11.3. The fourth-order valence-corrected chi connectivity index (χ4v) is 3.31. The highest BCUT2D eigenvalue weighted by Crippen LogP contribution is 2.43. The van der Waals surface area contributed by atoms with Crippen LogP contribution in [0, 0.1) is 0 Å². The second-order valence-electron chi connectivity index (χ2n) is 5.37. The van der Waals surface area contributed by atoms with Gasteiger partial charge in [0.05, 0.1) is 6.26 Å². The van der Waals surface area contributed by atoms with Gasteiger partial charge in [-0.2, -0.15) is 0 Å². The zero-order valence-electron chi connectivity index (χ0n) is 11.0. The molecule has 100 valence electrons. The second-order valence-corrected chi connectivity index (χ2v) is 5.37. The van der Waals surface area contributed by atoms with E-state index in [-0.39, 0.29) is 0 Å². The van der Waals surface area contributed by atoms with Gasteiger partial charge in [-0.1, -0.05) is 18.2 Å². The molecular formula is C17H15NO2. The molecule has 0 saturated carbocycles. The number of rotatable bonds is 1. The zero-order chi connectivity index (χ0) is 13.6. The van der Waals surface area contributed by atoms with Crippen LogP contribution < -0.4 is 0 Å². The topological polar surface area (TPSA) is 46.3 Å². The van der Waals surface area contributed by atoms with Crippen molar-refractivity contribution >= 4 is 10.8 Å². The first kappa shape index (κ1) is 11.7. The van der Waals surface area contributed by atoms with Crippen LogP contribution in [0.5, 0.6) is 0 Å². The maximum absolute atomic E-state index is 11.3. The molecule has 4 rings (SSSR count). The van der Waals surface area contributed by atoms with Crippen LogP contribution in [0.25, 0.3) is 10.8 Å². The Morgan fingerprint density at radius 1 is 1.15 bits per heavy atom. The first-order valence-corrected chi connectivity index (χ1v) is 6.91. The predicted octanol–water partition coefficient (Wildman–Crippen LogP) is 3.40. The summed E-state index contributed by atoms with van der Waals surface area (Å²) in [5.74, 6) is 0.907. The van der Waals surface area contributed by atoms with Crippen molar-refractivity contribution in [3.05, 3.63) is 65.9 Å². The summed E-state index contributed by atoms with van der Waals surface area (Å²) in [7, 11) is 0. The van der Waals surface area contributed by atoms with Gasteiger partial charge in [-0.05, 0) is 35.9 Å². The highest BCUT2D eigenvalue weighted by molar-refractivity contribution is 5.86. The highest BCUT2D eigenvalue weighted by atomic mass is 16.3. The maximum Gasteiger partial charge on any atom is 0.119 e. The first-order chi connectivity index (χ1) is 9.79. The SMILES string of the molecule is OC1(c2cccc3cnccc23)CCCc2occc21. The molecule has 3 aromatic rings. The standard InChI is InChI=1S/C17H15NO2/c19-17(8-2-5-16-15(17)7-10-20-16)14-4-1-3-12-11-18-9-6-13(12)14/h1,3-4,6-7,9-11,19H,2,5,8H2. The minimum absolute atomic E-state index is 0.723. The second kappa shape index (κ2) is 4.18. The number of furan rings is 1. The van der Waals surface area contributed by atoms with Crippen LogP contribution in [-0.2, 0) is 12.0 Å². The molecular weight excluding hydrogens is 250 g/mol. The van der Waals surface area contributed by atoms with Crippen molar-refractivity contribution in [1.82, 2.24) is 4.98 Å². The quantitative estimate of drug-likeness (QED) is 0.733. The van der Waals surface area contributed by atoms with E-state index in [9.17, 15) is 5.11 Å². The van der Waals surface area contributed by atoms with E-state index in [1.54, 1.807) is 12.5 Å². The molecule has 1 atom stereocenters. The van der Waals surface area contributed by atoms with Gasteiger partial charge >= 0.3 is 0 Å². The fraction of sp³-hybridized carbons (Fsp3) is 0.235. The van der Waals surface area contributed by atoms with E-state index in [4.69, 9.17) is 4.42 Å². The van der Waals surface area contributed by atoms with Gasteiger partial charge in [0.25, 0.3) is 0 Å². The van der Waals surface area contributed by atoms with E-state index in [1.165, 1.54) is 0 Å². The van der Waals surface area contributed by atoms with Crippen molar-refractivity contribution in [2.75, 3.05) is 0 Å². The van der Waals surface area contributed by atoms with Gasteiger partial charge < -0.3 is 9.52 Å². The average Bonchev–Trinajstić information content (AvgIpc) is 2.97. The highest BCUT2D eigenvalue weighted by Gasteiger charge is 2.38. The van der Waals surface area contributed by atoms with Crippen LogP contribution in [-0.4, -0.2) is 10.1 Å². The number of aryl methyl sites for hydroxylation is 1. The molecule has 20 heavy (non-hydrogen) atoms. The van der Waals surface area contributed by atoms with E-state index < -0.39 is 5.60 Å². The minimum atomic E-state index is -0.957. The number of hydrogen-bond acceptors (Lipinski definition) is 3. The fourth-order valence-electron chi connectivity index (χ4n) is 3.31. The Balaban J connectivity index is 2.01. The summed E-state index contributed by atoms with van der Waals surface area (Å²) in [6, 6.07) is 9.87. The molecule has 0 spiro atoms. The normalized spacial score (nSPS) is 21.9. The molecule has 1 aromatic carbocycles. The lowest BCUT2D eigenvalue weighted by Crippen LogP contribution is -2.31. The largest absolute Gasteiger partial charge is 0.469 e. The van der Waals surface area contributed by atoms with Crippen LogP contribution in [0.4, 0.5) is 0 Å². The monoisotopic (exact) mass is 265 g/mol. The third-order valence-electron chi connectivity index (χ3n) is 4.26. The molecule has 1 aliphatic rings. The molecule has 0 saturated heterocycles. The van der Waals surface area contributed by atoms with Gasteiger partial charge in [0, 0.05) is 29.8 Å². The Morgan fingerprint density at radius 2 is 2.10 bits per heavy atom. The Bertz CT molecular complexity index is 772. The van der Waals surface area contributed by atoms with Gasteiger partial charge in [-0.15, -0.1) is 0 Å². The van der Waals surface area contributed by atoms with Crippen molar-refractivity contribution < 1.29 is 9.52 Å². The molecule has 2 aromatic heterocycles. The van der Waals surface area contributed by atoms with Gasteiger partial charge in [0.2, 0.25) is 0 Å². The minimum Gasteiger partial charge on any atom is -0.469 e. The number of fused-ring (bicyclic) bond motifs is 2. The lowest BCUT2D eigenvalue weighted by molar-refractivity contribution is 0.0604. The van der Waals surface area contributed by atoms with Gasteiger partial charge in [0.1, 0.15) is 11.4 Å². The van der Waals surface area contributed by atoms with E-state index in [1.807, 2.05) is 36.5 Å². The number of nitrogens with zero attached hydrogens (tertiary/aromatic N) is 1. The molecule has 1 N–H and O–H groups in total. The lowest BCUT2D eigenvalue weighted by Gasteiger charge is -2.33. The number of aromatic nitrogens is 1.